The minimum atomic E-state index is -0.524. The van der Waals surface area contributed by atoms with Crippen LogP contribution in [0, 0.1) is 0 Å². The van der Waals surface area contributed by atoms with Gasteiger partial charge in [0.2, 0.25) is 0 Å². The predicted molar refractivity (Wildman–Crippen MR) is 96.0 cm³/mol. The maximum absolute atomic E-state index is 12.7. The average molecular weight is 379 g/mol. The topological polar surface area (TPSA) is 69.0 Å². The number of likely N-dealkylation sites (tertiary alicyclic amines) is 1. The molecule has 0 N–H and O–H groups in total. The van der Waals surface area contributed by atoms with E-state index in [2.05, 4.69) is 10.1 Å². The van der Waals surface area contributed by atoms with Gasteiger partial charge >= 0.3 is 6.09 Å². The van der Waals surface area contributed by atoms with Crippen LogP contribution < -0.4 is 0 Å². The second-order valence-corrected chi connectivity index (χ2v) is 8.20. The molecule has 1 saturated heterocycles. The number of piperidine rings is 1. The van der Waals surface area contributed by atoms with Gasteiger partial charge in [-0.25, -0.2) is 14.3 Å². The molecule has 1 fully saturated rings. The first-order valence-electron chi connectivity index (χ1n) is 8.98. The molecule has 2 aliphatic rings. The number of carbonyl (C=O) groups is 1. The van der Waals surface area contributed by atoms with Crippen LogP contribution in [0.25, 0.3) is 5.65 Å². The van der Waals surface area contributed by atoms with Crippen LogP contribution >= 0.6 is 11.6 Å². The largest absolute Gasteiger partial charge is 0.444 e. The highest BCUT2D eigenvalue weighted by molar-refractivity contribution is 6.30. The van der Waals surface area contributed by atoms with Gasteiger partial charge in [-0.1, -0.05) is 11.6 Å². The Morgan fingerprint density at radius 2 is 2.15 bits per heavy atom. The number of amides is 1. The highest BCUT2D eigenvalue weighted by atomic mass is 35.5. The summed E-state index contributed by atoms with van der Waals surface area (Å²) < 4.78 is 12.7. The third-order valence-electron chi connectivity index (χ3n) is 4.70. The lowest BCUT2D eigenvalue weighted by Crippen LogP contribution is -2.42. The van der Waals surface area contributed by atoms with Crippen LogP contribution in [0.3, 0.4) is 0 Å². The van der Waals surface area contributed by atoms with Crippen LogP contribution in [0.1, 0.15) is 63.0 Å². The van der Waals surface area contributed by atoms with Gasteiger partial charge in [0.15, 0.2) is 5.65 Å². The molecule has 1 unspecified atom stereocenters. The fraction of sp³-hybridized carbons (Fsp3) is 0.611. The molecule has 0 bridgehead atoms. The standard InChI is InChI=1S/C18H23ClN4O3/c1-18(2,3)26-17(24)22-7-5-4-6-14(22)12-8-15-20-13-10-25-9-11(13)16(19)23(15)21-12/h8,14H,4-7,9-10H2,1-3H3. The number of aromatic nitrogens is 3. The van der Waals surface area contributed by atoms with Gasteiger partial charge in [0.25, 0.3) is 0 Å². The SMILES string of the molecule is CC(C)(C)OC(=O)N1CCCCC1c1cc2nc3c(c(Cl)n2n1)COC3. The molecule has 0 spiro atoms. The van der Waals surface area contributed by atoms with Crippen molar-refractivity contribution >= 4 is 23.3 Å². The molecule has 4 rings (SSSR count). The smallest absolute Gasteiger partial charge is 0.410 e. The van der Waals surface area contributed by atoms with Gasteiger partial charge in [0.05, 0.1) is 30.6 Å². The van der Waals surface area contributed by atoms with Crippen LogP contribution in [0.15, 0.2) is 6.07 Å². The summed E-state index contributed by atoms with van der Waals surface area (Å²) in [6, 6.07) is 1.79. The number of rotatable bonds is 1. The molecule has 0 aromatic carbocycles. The second-order valence-electron chi connectivity index (χ2n) is 7.85. The third kappa shape index (κ3) is 3.14. The zero-order valence-corrected chi connectivity index (χ0v) is 16.0. The summed E-state index contributed by atoms with van der Waals surface area (Å²) in [6.07, 6.45) is 2.56. The molecular weight excluding hydrogens is 356 g/mol. The molecule has 0 saturated carbocycles. The highest BCUT2D eigenvalue weighted by Gasteiger charge is 2.33. The number of nitrogens with zero attached hydrogens (tertiary/aromatic N) is 4. The number of hydrogen-bond acceptors (Lipinski definition) is 5. The van der Waals surface area contributed by atoms with Crippen molar-refractivity contribution in [2.24, 2.45) is 0 Å². The van der Waals surface area contributed by atoms with Gasteiger partial charge in [-0.15, -0.1) is 0 Å². The summed E-state index contributed by atoms with van der Waals surface area (Å²) >= 11 is 6.50. The summed E-state index contributed by atoms with van der Waals surface area (Å²) in [7, 11) is 0. The van der Waals surface area contributed by atoms with Gasteiger partial charge in [0.1, 0.15) is 10.8 Å². The van der Waals surface area contributed by atoms with Crippen LogP contribution in [0.4, 0.5) is 4.79 Å². The van der Waals surface area contributed by atoms with Crippen LogP contribution in [-0.2, 0) is 22.7 Å². The predicted octanol–water partition coefficient (Wildman–Crippen LogP) is 3.88. The number of fused-ring (bicyclic) bond motifs is 2. The maximum Gasteiger partial charge on any atom is 0.410 e. The molecule has 1 amide bonds. The van der Waals surface area contributed by atoms with Gasteiger partial charge in [-0.2, -0.15) is 5.10 Å². The fourth-order valence-electron chi connectivity index (χ4n) is 3.52. The molecule has 8 heteroatoms. The molecule has 0 radical (unpaired) electrons. The van der Waals surface area contributed by atoms with Crippen molar-refractivity contribution in [2.75, 3.05) is 6.54 Å². The van der Waals surface area contributed by atoms with Crippen molar-refractivity contribution in [1.29, 1.82) is 0 Å². The molecule has 2 aromatic heterocycles. The first-order valence-corrected chi connectivity index (χ1v) is 9.35. The molecule has 140 valence electrons. The molecular formula is C18H23ClN4O3. The van der Waals surface area contributed by atoms with E-state index in [-0.39, 0.29) is 12.1 Å². The lowest BCUT2D eigenvalue weighted by Gasteiger charge is -2.35. The van der Waals surface area contributed by atoms with Gasteiger partial charge in [-0.3, -0.25) is 4.90 Å². The minimum Gasteiger partial charge on any atom is -0.444 e. The Hall–Kier alpha value is -1.86. The van der Waals surface area contributed by atoms with E-state index in [1.54, 1.807) is 9.42 Å². The first kappa shape index (κ1) is 17.5. The van der Waals surface area contributed by atoms with E-state index in [4.69, 9.17) is 21.1 Å². The molecule has 0 aliphatic carbocycles. The quantitative estimate of drug-likeness (QED) is 0.704. The summed E-state index contributed by atoms with van der Waals surface area (Å²) in [4.78, 5) is 19.1. The lowest BCUT2D eigenvalue weighted by atomic mass is 10.00. The van der Waals surface area contributed by atoms with Crippen LogP contribution in [0.2, 0.25) is 5.15 Å². The van der Waals surface area contributed by atoms with E-state index < -0.39 is 5.60 Å². The average Bonchev–Trinajstić information content (AvgIpc) is 3.20. The van der Waals surface area contributed by atoms with E-state index in [0.717, 1.165) is 36.2 Å². The molecule has 26 heavy (non-hydrogen) atoms. The molecule has 1 atom stereocenters. The number of carbonyl (C=O) groups excluding carboxylic acids is 1. The number of ether oxygens (including phenoxy) is 2. The van der Waals surface area contributed by atoms with Crippen molar-refractivity contribution < 1.29 is 14.3 Å². The lowest BCUT2D eigenvalue weighted by molar-refractivity contribution is 0.00898. The Labute approximate surface area is 157 Å². The number of halogens is 1. The summed E-state index contributed by atoms with van der Waals surface area (Å²) in [5.41, 5.74) is 2.71. The van der Waals surface area contributed by atoms with E-state index in [1.165, 1.54) is 0 Å². The second kappa shape index (κ2) is 6.39. The van der Waals surface area contributed by atoms with Gasteiger partial charge in [-0.05, 0) is 40.0 Å². The Balaban J connectivity index is 1.68. The summed E-state index contributed by atoms with van der Waals surface area (Å²) in [5.74, 6) is 0. The van der Waals surface area contributed by atoms with Crippen molar-refractivity contribution in [3.8, 4) is 0 Å². The van der Waals surface area contributed by atoms with Crippen molar-refractivity contribution in [3.05, 3.63) is 28.2 Å². The van der Waals surface area contributed by atoms with E-state index in [1.807, 2.05) is 26.8 Å². The Bertz CT molecular complexity index is 858. The van der Waals surface area contributed by atoms with E-state index >= 15 is 0 Å². The third-order valence-corrected chi connectivity index (χ3v) is 5.09. The first-order chi connectivity index (χ1) is 12.3. The Morgan fingerprint density at radius 3 is 2.92 bits per heavy atom. The van der Waals surface area contributed by atoms with Crippen molar-refractivity contribution in [3.63, 3.8) is 0 Å². The van der Waals surface area contributed by atoms with Crippen LogP contribution in [0.5, 0.6) is 0 Å². The zero-order chi connectivity index (χ0) is 18.5. The highest BCUT2D eigenvalue weighted by Crippen LogP contribution is 2.33. The Kier molecular flexibility index (Phi) is 4.31. The molecule has 2 aliphatic heterocycles. The fourth-order valence-corrected chi connectivity index (χ4v) is 3.81. The number of hydrogen-bond donors (Lipinski definition) is 0. The van der Waals surface area contributed by atoms with Gasteiger partial charge < -0.3 is 9.47 Å². The molecule has 4 heterocycles. The normalized spacial score (nSPS) is 20.5. The van der Waals surface area contributed by atoms with Gasteiger partial charge in [0, 0.05) is 18.2 Å². The summed E-state index contributed by atoms with van der Waals surface area (Å²) in [5, 5.41) is 5.20. The molecule has 7 nitrogen and oxygen atoms in total. The van der Waals surface area contributed by atoms with E-state index in [9.17, 15) is 4.79 Å². The van der Waals surface area contributed by atoms with E-state index in [0.29, 0.717) is 30.6 Å². The summed E-state index contributed by atoms with van der Waals surface area (Å²) in [6.45, 7) is 7.23. The van der Waals surface area contributed by atoms with Crippen LogP contribution in [-0.4, -0.2) is 37.7 Å². The minimum absolute atomic E-state index is 0.123. The van der Waals surface area contributed by atoms with Crippen molar-refractivity contribution in [2.45, 2.75) is 64.9 Å². The monoisotopic (exact) mass is 378 g/mol. The zero-order valence-electron chi connectivity index (χ0n) is 15.3. The molecule has 2 aromatic rings. The van der Waals surface area contributed by atoms with Crippen molar-refractivity contribution in [1.82, 2.24) is 19.5 Å². The Morgan fingerprint density at radius 1 is 1.35 bits per heavy atom. The maximum atomic E-state index is 12.7.